The molecule has 0 saturated heterocycles. The molecule has 0 aliphatic rings. The van der Waals surface area contributed by atoms with Gasteiger partial charge in [0, 0.05) is 26.1 Å². The Morgan fingerprint density at radius 1 is 1.50 bits per heavy atom. The molecule has 94 valence electrons. The van der Waals surface area contributed by atoms with Crippen molar-refractivity contribution in [2.24, 2.45) is 11.5 Å². The zero-order chi connectivity index (χ0) is 12.7. The van der Waals surface area contributed by atoms with Crippen LogP contribution in [-0.2, 0) is 4.79 Å². The van der Waals surface area contributed by atoms with E-state index in [0.717, 1.165) is 0 Å². The molecule has 0 spiro atoms. The number of nitrogens with two attached hydrogens (primary N) is 2. The highest BCUT2D eigenvalue weighted by atomic mass is 16.4. The van der Waals surface area contributed by atoms with Crippen molar-refractivity contribution >= 4 is 12.0 Å². The zero-order valence-electron chi connectivity index (χ0n) is 9.09. The van der Waals surface area contributed by atoms with Crippen molar-refractivity contribution in [3.63, 3.8) is 0 Å². The number of hydrogen-bond donors (Lipinski definition) is 5. The lowest BCUT2D eigenvalue weighted by Crippen LogP contribution is -2.45. The second-order valence-electron chi connectivity index (χ2n) is 3.47. The molecule has 2 atom stereocenters. The number of carbonyl (C=O) groups excluding carboxylic acids is 1. The smallest absolute Gasteiger partial charge is 0.425 e. The van der Waals surface area contributed by atoms with E-state index in [2.05, 4.69) is 5.43 Å². The lowest BCUT2D eigenvalue weighted by molar-refractivity contribution is -0.125. The number of aliphatic hydroxyl groups excluding tert-OH is 1. The van der Waals surface area contributed by atoms with Crippen LogP contribution in [-0.4, -0.2) is 53.0 Å². The summed E-state index contributed by atoms with van der Waals surface area (Å²) in [6.45, 7) is 0.0738. The fraction of sp³-hybridized carbons (Fsp3) is 0.750. The third kappa shape index (κ3) is 6.17. The number of carbonyl (C=O) groups is 2. The quantitative estimate of drug-likeness (QED) is 0.350. The van der Waals surface area contributed by atoms with Gasteiger partial charge in [-0.25, -0.2) is 9.80 Å². The van der Waals surface area contributed by atoms with Crippen molar-refractivity contribution in [1.29, 1.82) is 0 Å². The van der Waals surface area contributed by atoms with E-state index in [1.54, 1.807) is 0 Å². The molecule has 0 radical (unpaired) electrons. The Balaban J connectivity index is 3.91. The average Bonchev–Trinajstić information content (AvgIpc) is 2.16. The van der Waals surface area contributed by atoms with Gasteiger partial charge < -0.3 is 21.7 Å². The molecule has 0 unspecified atom stereocenters. The minimum atomic E-state index is -1.27. The molecule has 2 amide bonds. The molecule has 0 bridgehead atoms. The Morgan fingerprint density at radius 3 is 2.50 bits per heavy atom. The molecule has 0 aromatic rings. The third-order valence-electron chi connectivity index (χ3n) is 1.87. The van der Waals surface area contributed by atoms with Crippen molar-refractivity contribution in [3.8, 4) is 0 Å². The van der Waals surface area contributed by atoms with Crippen molar-refractivity contribution in [1.82, 2.24) is 10.4 Å². The van der Waals surface area contributed by atoms with E-state index in [9.17, 15) is 14.7 Å². The van der Waals surface area contributed by atoms with Gasteiger partial charge in [-0.05, 0) is 6.42 Å². The number of carboxylic acid groups (broad SMARTS) is 1. The summed E-state index contributed by atoms with van der Waals surface area (Å²) in [5.41, 5.74) is 12.8. The Hall–Kier alpha value is -1.38. The van der Waals surface area contributed by atoms with E-state index in [0.29, 0.717) is 5.01 Å². The monoisotopic (exact) mass is 234 g/mol. The molecule has 0 aliphatic carbocycles. The number of nitrogens with one attached hydrogen (secondary N) is 1. The van der Waals surface area contributed by atoms with Crippen LogP contribution in [0.5, 0.6) is 0 Å². The van der Waals surface area contributed by atoms with Crippen LogP contribution in [0.4, 0.5) is 4.79 Å². The Kier molecular flexibility index (Phi) is 6.38. The summed E-state index contributed by atoms with van der Waals surface area (Å²) in [4.78, 5) is 21.6. The van der Waals surface area contributed by atoms with Crippen molar-refractivity contribution in [3.05, 3.63) is 0 Å². The minimum absolute atomic E-state index is 0.0738. The first-order chi connectivity index (χ1) is 7.36. The summed E-state index contributed by atoms with van der Waals surface area (Å²) in [6, 6.07) is -0.555. The number of hydrogen-bond acceptors (Lipinski definition) is 5. The summed E-state index contributed by atoms with van der Waals surface area (Å²) >= 11 is 0. The van der Waals surface area contributed by atoms with E-state index in [-0.39, 0.29) is 19.4 Å². The van der Waals surface area contributed by atoms with Crippen LogP contribution in [0.2, 0.25) is 0 Å². The van der Waals surface area contributed by atoms with Gasteiger partial charge in [0.2, 0.25) is 5.91 Å². The second kappa shape index (κ2) is 6.99. The van der Waals surface area contributed by atoms with Crippen LogP contribution in [0.25, 0.3) is 0 Å². The third-order valence-corrected chi connectivity index (χ3v) is 1.87. The van der Waals surface area contributed by atoms with E-state index in [1.807, 2.05) is 0 Å². The van der Waals surface area contributed by atoms with Gasteiger partial charge >= 0.3 is 6.09 Å². The van der Waals surface area contributed by atoms with Crippen molar-refractivity contribution < 1.29 is 19.8 Å². The molecule has 8 heteroatoms. The molecule has 0 fully saturated rings. The molecule has 0 rings (SSSR count). The first-order valence-corrected chi connectivity index (χ1v) is 4.76. The maximum Gasteiger partial charge on any atom is 0.425 e. The summed E-state index contributed by atoms with van der Waals surface area (Å²) in [5.74, 6) is -0.526. The van der Waals surface area contributed by atoms with E-state index in [1.165, 1.54) is 7.05 Å². The van der Waals surface area contributed by atoms with Crippen LogP contribution in [0.1, 0.15) is 12.8 Å². The van der Waals surface area contributed by atoms with Crippen LogP contribution in [0.15, 0.2) is 0 Å². The summed E-state index contributed by atoms with van der Waals surface area (Å²) in [5, 5.41) is 18.3. The van der Waals surface area contributed by atoms with Gasteiger partial charge in [-0.1, -0.05) is 0 Å². The standard InChI is InChI=1S/C8H18N4O4/c1-12(8(15)16)11-7(14)3-5(10)2-6(13)4-9/h5-6,13H,2-4,9-10H2,1H3,(H,11,14)(H,15,16)/t5-,6-/m1/s1. The van der Waals surface area contributed by atoms with Gasteiger partial charge in [0.15, 0.2) is 0 Å². The highest BCUT2D eigenvalue weighted by Gasteiger charge is 2.15. The number of amides is 2. The first kappa shape index (κ1) is 14.6. The van der Waals surface area contributed by atoms with Gasteiger partial charge in [-0.2, -0.15) is 0 Å². The van der Waals surface area contributed by atoms with Gasteiger partial charge in [0.25, 0.3) is 0 Å². The first-order valence-electron chi connectivity index (χ1n) is 4.76. The normalized spacial score (nSPS) is 14.0. The molecular weight excluding hydrogens is 216 g/mol. The van der Waals surface area contributed by atoms with E-state index in [4.69, 9.17) is 16.6 Å². The Morgan fingerprint density at radius 2 is 2.06 bits per heavy atom. The maximum absolute atomic E-state index is 11.2. The Bertz CT molecular complexity index is 248. The van der Waals surface area contributed by atoms with Gasteiger partial charge in [-0.3, -0.25) is 10.2 Å². The topological polar surface area (TPSA) is 142 Å². The molecule has 0 saturated carbocycles. The molecule has 8 nitrogen and oxygen atoms in total. The van der Waals surface area contributed by atoms with E-state index < -0.39 is 24.1 Å². The highest BCUT2D eigenvalue weighted by Crippen LogP contribution is 1.99. The number of rotatable bonds is 5. The summed E-state index contributed by atoms with van der Waals surface area (Å²) in [7, 11) is 1.19. The SMILES string of the molecule is CN(NC(=O)C[C@H](N)C[C@@H](O)CN)C(=O)O. The lowest BCUT2D eigenvalue weighted by atomic mass is 10.1. The molecule has 0 aliphatic heterocycles. The number of nitrogens with zero attached hydrogens (tertiary/aromatic N) is 1. The zero-order valence-corrected chi connectivity index (χ0v) is 9.09. The molecule has 7 N–H and O–H groups in total. The van der Waals surface area contributed by atoms with Crippen LogP contribution >= 0.6 is 0 Å². The van der Waals surface area contributed by atoms with Crippen molar-refractivity contribution in [2.75, 3.05) is 13.6 Å². The van der Waals surface area contributed by atoms with Crippen LogP contribution in [0.3, 0.4) is 0 Å². The predicted molar refractivity (Wildman–Crippen MR) is 56.2 cm³/mol. The maximum atomic E-state index is 11.2. The fourth-order valence-electron chi connectivity index (χ4n) is 1.05. The number of hydrazine groups is 1. The highest BCUT2D eigenvalue weighted by molar-refractivity contribution is 5.78. The molecule has 0 heterocycles. The van der Waals surface area contributed by atoms with Gasteiger partial charge in [-0.15, -0.1) is 0 Å². The number of aliphatic hydroxyl groups is 1. The summed E-state index contributed by atoms with van der Waals surface area (Å²) < 4.78 is 0. The van der Waals surface area contributed by atoms with Crippen LogP contribution in [0, 0.1) is 0 Å². The van der Waals surface area contributed by atoms with Crippen molar-refractivity contribution in [2.45, 2.75) is 25.0 Å². The second-order valence-corrected chi connectivity index (χ2v) is 3.47. The predicted octanol–water partition coefficient (Wildman–Crippen LogP) is -1.95. The molecule has 0 aromatic heterocycles. The molecule has 0 aromatic carbocycles. The largest absolute Gasteiger partial charge is 0.464 e. The molecule has 16 heavy (non-hydrogen) atoms. The van der Waals surface area contributed by atoms with Crippen LogP contribution < -0.4 is 16.9 Å². The lowest BCUT2D eigenvalue weighted by Gasteiger charge is -2.17. The summed E-state index contributed by atoms with van der Waals surface area (Å²) in [6.07, 6.45) is -1.90. The molecular formula is C8H18N4O4. The average molecular weight is 234 g/mol. The van der Waals surface area contributed by atoms with E-state index >= 15 is 0 Å². The minimum Gasteiger partial charge on any atom is -0.464 e. The van der Waals surface area contributed by atoms with Gasteiger partial charge in [0.05, 0.1) is 6.10 Å². The Labute approximate surface area is 93.2 Å². The fourth-order valence-corrected chi connectivity index (χ4v) is 1.05. The van der Waals surface area contributed by atoms with Gasteiger partial charge in [0.1, 0.15) is 0 Å².